The summed E-state index contributed by atoms with van der Waals surface area (Å²) in [6.07, 6.45) is 1.10. The third-order valence-electron chi connectivity index (χ3n) is 6.22. The average Bonchev–Trinajstić information content (AvgIpc) is 3.02. The highest BCUT2D eigenvalue weighted by Gasteiger charge is 2.21. The molecule has 0 bridgehead atoms. The summed E-state index contributed by atoms with van der Waals surface area (Å²) in [5.41, 5.74) is 3.59. The van der Waals surface area contributed by atoms with Gasteiger partial charge in [0.15, 0.2) is 0 Å². The van der Waals surface area contributed by atoms with Crippen LogP contribution in [-0.2, 0) is 20.3 Å². The number of carbonyl (C=O) groups excluding carboxylic acids is 1. The lowest BCUT2D eigenvalue weighted by Gasteiger charge is -2.18. The van der Waals surface area contributed by atoms with Crippen molar-refractivity contribution in [3.05, 3.63) is 101 Å². The van der Waals surface area contributed by atoms with Crippen LogP contribution in [0.4, 0.5) is 0 Å². The van der Waals surface area contributed by atoms with Gasteiger partial charge in [-0.15, -0.1) is 0 Å². The monoisotopic (exact) mass is 662 g/mol. The van der Waals surface area contributed by atoms with Gasteiger partial charge in [-0.2, -0.15) is 5.26 Å². The van der Waals surface area contributed by atoms with Crippen molar-refractivity contribution in [1.29, 1.82) is 5.26 Å². The summed E-state index contributed by atoms with van der Waals surface area (Å²) in [5, 5.41) is 10.6. The maximum Gasteiger partial charge on any atom is 0.316 e. The molecular weight excluding hydrogens is 632 g/mol. The summed E-state index contributed by atoms with van der Waals surface area (Å²) in [4.78, 5) is 17.9. The number of esters is 1. The molecule has 1 aromatic heterocycles. The van der Waals surface area contributed by atoms with Gasteiger partial charge in [0.05, 0.1) is 22.8 Å². The first kappa shape index (κ1) is 31.5. The van der Waals surface area contributed by atoms with Crippen molar-refractivity contribution in [2.75, 3.05) is 23.9 Å². The van der Waals surface area contributed by atoms with Crippen LogP contribution < -0.4 is 4.74 Å². The van der Waals surface area contributed by atoms with Crippen LogP contribution in [0.2, 0.25) is 0 Å². The number of nitriles is 1. The Morgan fingerprint density at radius 2 is 1.71 bits per heavy atom. The lowest BCUT2D eigenvalue weighted by Crippen LogP contribution is -2.31. The van der Waals surface area contributed by atoms with Gasteiger partial charge in [0.2, 0.25) is 0 Å². The summed E-state index contributed by atoms with van der Waals surface area (Å²) in [6.45, 7) is 2.14. The molecule has 0 saturated carbocycles. The number of pyridine rings is 1. The lowest BCUT2D eigenvalue weighted by molar-refractivity contribution is -0.146. The second-order valence-electron chi connectivity index (χ2n) is 9.41. The Morgan fingerprint density at radius 3 is 2.38 bits per heavy atom. The normalized spacial score (nSPS) is 12.2. The highest BCUT2D eigenvalue weighted by Crippen LogP contribution is 2.34. The van der Waals surface area contributed by atoms with Gasteiger partial charge in [-0.1, -0.05) is 102 Å². The first-order chi connectivity index (χ1) is 20.5. The van der Waals surface area contributed by atoms with Crippen LogP contribution in [-0.4, -0.2) is 45.1 Å². The number of halogens is 1. The largest absolute Gasteiger partial charge is 0.490 e. The summed E-state index contributed by atoms with van der Waals surface area (Å²) < 4.78 is 25.2. The van der Waals surface area contributed by atoms with E-state index < -0.39 is 22.9 Å². The molecule has 4 rings (SSSR count). The fourth-order valence-corrected chi connectivity index (χ4v) is 6.52. The molecule has 0 amide bonds. The maximum atomic E-state index is 13.1. The number of thioether (sulfide) groups is 1. The molecule has 0 N–H and O–H groups in total. The molecule has 9 heteroatoms. The van der Waals surface area contributed by atoms with Crippen molar-refractivity contribution < 1.29 is 18.5 Å². The third-order valence-corrected chi connectivity index (χ3v) is 9.19. The molecule has 216 valence electrons. The summed E-state index contributed by atoms with van der Waals surface area (Å²) >= 11 is 4.63. The maximum absolute atomic E-state index is 13.1. The van der Waals surface area contributed by atoms with Crippen LogP contribution in [0.25, 0.3) is 22.4 Å². The minimum absolute atomic E-state index is 0.0663. The molecule has 6 nitrogen and oxygen atoms in total. The molecule has 4 aromatic rings. The van der Waals surface area contributed by atoms with Crippen molar-refractivity contribution >= 4 is 44.5 Å². The van der Waals surface area contributed by atoms with Crippen LogP contribution in [0, 0.1) is 11.3 Å². The van der Waals surface area contributed by atoms with Gasteiger partial charge in [0.25, 0.3) is 0 Å². The van der Waals surface area contributed by atoms with Gasteiger partial charge in [0.1, 0.15) is 29.6 Å². The first-order valence-electron chi connectivity index (χ1n) is 13.6. The number of para-hydroxylation sites is 1. The smallest absolute Gasteiger partial charge is 0.316 e. The van der Waals surface area contributed by atoms with Gasteiger partial charge in [0, 0.05) is 32.2 Å². The van der Waals surface area contributed by atoms with Crippen LogP contribution >= 0.6 is 27.7 Å². The molecule has 0 saturated heterocycles. The van der Waals surface area contributed by atoms with E-state index in [0.29, 0.717) is 27.8 Å². The molecule has 0 spiro atoms. The molecule has 0 fully saturated rings. The number of rotatable bonds is 14. The van der Waals surface area contributed by atoms with E-state index in [1.54, 1.807) is 0 Å². The molecular formula is C33H31BrN2O4S2. The number of unbranched alkanes of at least 4 members (excludes halogenated alkanes) is 1. The highest BCUT2D eigenvalue weighted by molar-refractivity contribution is 9.10. The molecule has 0 aliphatic heterocycles. The molecule has 42 heavy (non-hydrogen) atoms. The van der Waals surface area contributed by atoms with Gasteiger partial charge in [-0.25, -0.2) is 4.98 Å². The number of benzene rings is 3. The standard InChI is InChI=1S/C33H31BrN2O4S2/c1-2-3-18-42(38)23-28(21-39-27-12-8-5-9-13-27)40-32(37)22-41-33-30(20-35)29(24-10-6-4-7-11-24)19-31(36-33)25-14-16-26(34)17-15-25/h4-17,19,28H,2-3,18,21-23H2,1H3. The quantitative estimate of drug-likeness (QED) is 0.101. The number of carbonyl (C=O) groups is 1. The Bertz CT molecular complexity index is 1530. The molecule has 3 aromatic carbocycles. The minimum atomic E-state index is -1.14. The zero-order valence-electron chi connectivity index (χ0n) is 23.2. The fourth-order valence-electron chi connectivity index (χ4n) is 4.11. The SMILES string of the molecule is CCCCS(=O)CC(COc1ccccc1)OC(=O)CSc1nc(-c2ccc(Br)cc2)cc(-c2ccccc2)c1C#N. The van der Waals surface area contributed by atoms with Gasteiger partial charge < -0.3 is 9.47 Å². The molecule has 2 atom stereocenters. The Balaban J connectivity index is 1.54. The number of aromatic nitrogens is 1. The van der Waals surface area contributed by atoms with E-state index in [0.717, 1.165) is 45.8 Å². The van der Waals surface area contributed by atoms with E-state index in [2.05, 4.69) is 22.0 Å². The van der Waals surface area contributed by atoms with Crippen LogP contribution in [0.1, 0.15) is 25.3 Å². The van der Waals surface area contributed by atoms with E-state index >= 15 is 0 Å². The molecule has 1 heterocycles. The fraction of sp³-hybridized carbons (Fsp3) is 0.242. The summed E-state index contributed by atoms with van der Waals surface area (Å²) in [7, 11) is -1.14. The topological polar surface area (TPSA) is 89.3 Å². The van der Waals surface area contributed by atoms with Gasteiger partial charge >= 0.3 is 5.97 Å². The highest BCUT2D eigenvalue weighted by atomic mass is 79.9. The number of hydrogen-bond acceptors (Lipinski definition) is 7. The zero-order valence-corrected chi connectivity index (χ0v) is 26.4. The van der Waals surface area contributed by atoms with Gasteiger partial charge in [-0.3, -0.25) is 9.00 Å². The van der Waals surface area contributed by atoms with Crippen LogP contribution in [0.3, 0.4) is 0 Å². The zero-order chi connectivity index (χ0) is 29.7. The third kappa shape index (κ3) is 9.28. The predicted molar refractivity (Wildman–Crippen MR) is 173 cm³/mol. The minimum Gasteiger partial charge on any atom is -0.490 e. The average molecular weight is 664 g/mol. The second-order valence-corrected chi connectivity index (χ2v) is 12.9. The van der Waals surface area contributed by atoms with Crippen molar-refractivity contribution in [3.8, 4) is 34.2 Å². The van der Waals surface area contributed by atoms with Crippen molar-refractivity contribution in [2.45, 2.75) is 30.9 Å². The van der Waals surface area contributed by atoms with Crippen LogP contribution in [0.15, 0.2) is 100 Å². The van der Waals surface area contributed by atoms with Gasteiger partial charge in [-0.05, 0) is 42.3 Å². The van der Waals surface area contributed by atoms with Crippen molar-refractivity contribution in [3.63, 3.8) is 0 Å². The Kier molecular flexibility index (Phi) is 12.2. The Labute approximate surface area is 262 Å². The van der Waals surface area contributed by atoms with Crippen molar-refractivity contribution in [2.24, 2.45) is 0 Å². The van der Waals surface area contributed by atoms with E-state index in [4.69, 9.17) is 14.5 Å². The molecule has 0 aliphatic rings. The molecule has 0 aliphatic carbocycles. The first-order valence-corrected chi connectivity index (χ1v) is 16.8. The van der Waals surface area contributed by atoms with E-state index in [-0.39, 0.29) is 18.1 Å². The van der Waals surface area contributed by atoms with E-state index in [1.165, 1.54) is 0 Å². The number of hydrogen-bond donors (Lipinski definition) is 0. The number of nitrogens with zero attached hydrogens (tertiary/aromatic N) is 2. The summed E-state index contributed by atoms with van der Waals surface area (Å²) in [6, 6.07) is 30.9. The van der Waals surface area contributed by atoms with Crippen molar-refractivity contribution in [1.82, 2.24) is 4.98 Å². The van der Waals surface area contributed by atoms with E-state index in [9.17, 15) is 14.3 Å². The second kappa shape index (κ2) is 16.3. The summed E-state index contributed by atoms with van der Waals surface area (Å²) in [5.74, 6) is 0.833. The van der Waals surface area contributed by atoms with Crippen LogP contribution in [0.5, 0.6) is 5.75 Å². The van der Waals surface area contributed by atoms with E-state index in [1.807, 2.05) is 97.9 Å². The molecule has 2 unspecified atom stereocenters. The molecule has 0 radical (unpaired) electrons. The predicted octanol–water partition coefficient (Wildman–Crippen LogP) is 7.68. The lowest BCUT2D eigenvalue weighted by atomic mass is 9.99. The number of ether oxygens (including phenoxy) is 2. The Morgan fingerprint density at radius 1 is 1.02 bits per heavy atom. The Hall–Kier alpha value is -3.45.